The third kappa shape index (κ3) is 4.18. The largest absolute Gasteiger partial charge is 0.505 e. The summed E-state index contributed by atoms with van der Waals surface area (Å²) in [6.07, 6.45) is 0. The molecule has 0 amide bonds. The van der Waals surface area contributed by atoms with Gasteiger partial charge in [-0.1, -0.05) is 30.3 Å². The van der Waals surface area contributed by atoms with Crippen LogP contribution in [0, 0.1) is 20.8 Å². The first kappa shape index (κ1) is 21.8. The fourth-order valence-corrected chi connectivity index (χ4v) is 3.44. The van der Waals surface area contributed by atoms with Crippen molar-refractivity contribution in [1.29, 1.82) is 0 Å². The second-order valence-electron chi connectivity index (χ2n) is 7.75. The molecule has 33 heavy (non-hydrogen) atoms. The molecule has 0 saturated carbocycles. The Labute approximate surface area is 189 Å². The van der Waals surface area contributed by atoms with Crippen LogP contribution in [0.5, 0.6) is 5.75 Å². The molecule has 166 valence electrons. The summed E-state index contributed by atoms with van der Waals surface area (Å²) in [5, 5.41) is 31.0. The van der Waals surface area contributed by atoms with Crippen molar-refractivity contribution in [3.63, 3.8) is 0 Å². The Morgan fingerprint density at radius 3 is 2.33 bits per heavy atom. The Kier molecular flexibility index (Phi) is 5.66. The quantitative estimate of drug-likeness (QED) is 0.350. The number of carboxylic acid groups (broad SMARTS) is 1. The second kappa shape index (κ2) is 8.58. The first-order chi connectivity index (χ1) is 15.8. The van der Waals surface area contributed by atoms with Gasteiger partial charge in [-0.25, -0.2) is 9.48 Å². The summed E-state index contributed by atoms with van der Waals surface area (Å²) >= 11 is 0. The van der Waals surface area contributed by atoms with Crippen LogP contribution in [0.4, 0.5) is 11.4 Å². The van der Waals surface area contributed by atoms with Crippen molar-refractivity contribution < 1.29 is 15.0 Å². The third-order valence-electron chi connectivity index (χ3n) is 5.50. The molecule has 8 nitrogen and oxygen atoms in total. The molecule has 0 aliphatic carbocycles. The average Bonchev–Trinajstić information content (AvgIpc) is 3.08. The number of nitrogens with zero attached hydrogens (tertiary/aromatic N) is 3. The van der Waals surface area contributed by atoms with Crippen molar-refractivity contribution in [2.24, 2.45) is 10.2 Å². The van der Waals surface area contributed by atoms with Gasteiger partial charge in [-0.2, -0.15) is 0 Å². The minimum Gasteiger partial charge on any atom is -0.505 e. The van der Waals surface area contributed by atoms with Crippen LogP contribution in [0.2, 0.25) is 0 Å². The molecule has 4 rings (SSSR count). The van der Waals surface area contributed by atoms with Crippen LogP contribution < -0.4 is 5.56 Å². The van der Waals surface area contributed by atoms with Gasteiger partial charge in [0.15, 0.2) is 11.4 Å². The monoisotopic (exact) mass is 442 g/mol. The maximum absolute atomic E-state index is 12.9. The number of aryl methyl sites for hydroxylation is 3. The van der Waals surface area contributed by atoms with Crippen LogP contribution in [0.25, 0.3) is 16.8 Å². The third-order valence-corrected chi connectivity index (χ3v) is 5.50. The van der Waals surface area contributed by atoms with Gasteiger partial charge in [-0.05, 0) is 67.8 Å². The van der Waals surface area contributed by atoms with Gasteiger partial charge < -0.3 is 10.2 Å². The van der Waals surface area contributed by atoms with Crippen molar-refractivity contribution in [1.82, 2.24) is 9.78 Å². The number of phenols is 1. The lowest BCUT2D eigenvalue weighted by molar-refractivity contribution is 0.0697. The number of rotatable bonds is 5. The summed E-state index contributed by atoms with van der Waals surface area (Å²) in [6.45, 7) is 5.71. The number of hydrogen-bond acceptors (Lipinski definition) is 5. The highest BCUT2D eigenvalue weighted by atomic mass is 16.4. The zero-order valence-corrected chi connectivity index (χ0v) is 18.3. The van der Waals surface area contributed by atoms with Crippen LogP contribution in [0.3, 0.4) is 0 Å². The van der Waals surface area contributed by atoms with Gasteiger partial charge in [0.05, 0.1) is 16.9 Å². The molecule has 0 fully saturated rings. The average molecular weight is 442 g/mol. The number of aromatic carboxylic acids is 1. The molecule has 4 aromatic rings. The number of H-pyrrole nitrogens is 1. The molecule has 1 heterocycles. The lowest BCUT2D eigenvalue weighted by Crippen LogP contribution is -2.14. The van der Waals surface area contributed by atoms with Crippen LogP contribution in [-0.2, 0) is 0 Å². The van der Waals surface area contributed by atoms with Crippen LogP contribution in [0.1, 0.15) is 27.2 Å². The number of carboxylic acids is 1. The van der Waals surface area contributed by atoms with Crippen molar-refractivity contribution >= 4 is 17.3 Å². The molecule has 8 heteroatoms. The van der Waals surface area contributed by atoms with E-state index in [-0.39, 0.29) is 28.2 Å². The number of para-hydroxylation sites is 1. The molecule has 3 aromatic carbocycles. The van der Waals surface area contributed by atoms with Gasteiger partial charge in [0.1, 0.15) is 5.69 Å². The Morgan fingerprint density at radius 1 is 0.939 bits per heavy atom. The molecular weight excluding hydrogens is 420 g/mol. The van der Waals surface area contributed by atoms with Gasteiger partial charge in [0, 0.05) is 5.56 Å². The molecule has 0 spiro atoms. The molecule has 0 radical (unpaired) electrons. The number of aromatic amines is 1. The topological polar surface area (TPSA) is 120 Å². The van der Waals surface area contributed by atoms with E-state index in [2.05, 4.69) is 15.3 Å². The standard InChI is InChI=1S/C25H22N4O4/c1-14-7-12-19(13-15(14)2)29-24(31)22(16(3)28-29)27-26-21-6-4-5-20(23(21)30)17-8-10-18(11-9-17)25(32)33/h4-13,28,30H,1-3H3,(H,32,33). The lowest BCUT2D eigenvalue weighted by Gasteiger charge is -2.07. The number of carbonyl (C=O) groups is 1. The van der Waals surface area contributed by atoms with E-state index >= 15 is 0 Å². The van der Waals surface area contributed by atoms with Gasteiger partial charge in [-0.3, -0.25) is 9.89 Å². The predicted octanol–water partition coefficient (Wildman–Crippen LogP) is 5.58. The van der Waals surface area contributed by atoms with E-state index in [1.54, 1.807) is 37.3 Å². The molecular formula is C25H22N4O4. The van der Waals surface area contributed by atoms with Crippen molar-refractivity contribution in [2.45, 2.75) is 20.8 Å². The van der Waals surface area contributed by atoms with Gasteiger partial charge in [-0.15, -0.1) is 10.2 Å². The first-order valence-electron chi connectivity index (χ1n) is 10.2. The fraction of sp³-hybridized carbons (Fsp3) is 0.120. The highest BCUT2D eigenvalue weighted by Gasteiger charge is 2.14. The maximum atomic E-state index is 12.9. The Morgan fingerprint density at radius 2 is 1.67 bits per heavy atom. The molecule has 1 aromatic heterocycles. The highest BCUT2D eigenvalue weighted by molar-refractivity contribution is 5.88. The smallest absolute Gasteiger partial charge is 0.335 e. The lowest BCUT2D eigenvalue weighted by atomic mass is 10.0. The molecule has 0 unspecified atom stereocenters. The number of benzene rings is 3. The number of aromatic nitrogens is 2. The number of phenolic OH excluding ortho intramolecular Hbond substituents is 1. The normalized spacial score (nSPS) is 11.2. The van der Waals surface area contributed by atoms with Gasteiger partial charge >= 0.3 is 5.97 Å². The van der Waals surface area contributed by atoms with Gasteiger partial charge in [0.2, 0.25) is 0 Å². The van der Waals surface area contributed by atoms with Crippen molar-refractivity contribution in [3.05, 3.63) is 93.4 Å². The van der Waals surface area contributed by atoms with Crippen LogP contribution >= 0.6 is 0 Å². The zero-order valence-electron chi connectivity index (χ0n) is 18.3. The molecule has 0 aliphatic rings. The van der Waals surface area contributed by atoms with E-state index < -0.39 is 5.97 Å². The van der Waals surface area contributed by atoms with Crippen LogP contribution in [-0.4, -0.2) is 26.0 Å². The summed E-state index contributed by atoms with van der Waals surface area (Å²) in [6, 6.07) is 16.8. The molecule has 0 bridgehead atoms. The number of hydrogen-bond donors (Lipinski definition) is 3. The van der Waals surface area contributed by atoms with E-state index in [0.717, 1.165) is 11.1 Å². The molecule has 3 N–H and O–H groups in total. The summed E-state index contributed by atoms with van der Waals surface area (Å²) in [5.41, 5.74) is 4.67. The SMILES string of the molecule is Cc1ccc(-n2[nH]c(C)c(N=Nc3cccc(-c4ccc(C(=O)O)cc4)c3O)c2=O)cc1C. The Bertz CT molecular complexity index is 1450. The molecule has 0 aliphatic heterocycles. The number of nitrogens with one attached hydrogen (secondary N) is 1. The van der Waals surface area contributed by atoms with Gasteiger partial charge in [0.25, 0.3) is 5.56 Å². The minimum atomic E-state index is -1.03. The Balaban J connectivity index is 1.68. The number of azo groups is 1. The molecule has 0 atom stereocenters. The zero-order chi connectivity index (χ0) is 23.7. The number of aromatic hydroxyl groups is 1. The predicted molar refractivity (Wildman–Crippen MR) is 125 cm³/mol. The van der Waals surface area contributed by atoms with Crippen molar-refractivity contribution in [3.8, 4) is 22.6 Å². The Hall–Kier alpha value is -4.46. The van der Waals surface area contributed by atoms with E-state index in [1.807, 2.05) is 32.0 Å². The van der Waals surface area contributed by atoms with Crippen LogP contribution in [0.15, 0.2) is 75.7 Å². The first-order valence-corrected chi connectivity index (χ1v) is 10.2. The van der Waals surface area contributed by atoms with E-state index in [9.17, 15) is 14.7 Å². The summed E-state index contributed by atoms with van der Waals surface area (Å²) in [4.78, 5) is 24.0. The highest BCUT2D eigenvalue weighted by Crippen LogP contribution is 2.37. The van der Waals surface area contributed by atoms with E-state index in [1.165, 1.54) is 16.8 Å². The second-order valence-corrected chi connectivity index (χ2v) is 7.75. The van der Waals surface area contributed by atoms with E-state index in [4.69, 9.17) is 5.11 Å². The maximum Gasteiger partial charge on any atom is 0.335 e. The fourth-order valence-electron chi connectivity index (χ4n) is 3.44. The summed E-state index contributed by atoms with van der Waals surface area (Å²) in [5.74, 6) is -1.14. The molecule has 0 saturated heterocycles. The van der Waals surface area contributed by atoms with Crippen molar-refractivity contribution in [2.75, 3.05) is 0 Å². The van der Waals surface area contributed by atoms with E-state index in [0.29, 0.717) is 22.5 Å². The summed E-state index contributed by atoms with van der Waals surface area (Å²) in [7, 11) is 0. The summed E-state index contributed by atoms with van der Waals surface area (Å²) < 4.78 is 1.41. The minimum absolute atomic E-state index is 0.119.